The minimum absolute atomic E-state index is 0.0552. The molecule has 0 atom stereocenters. The minimum Gasteiger partial charge on any atom is -0.477 e. The van der Waals surface area contributed by atoms with Crippen molar-refractivity contribution in [3.63, 3.8) is 0 Å². The molecule has 2 aliphatic heterocycles. The minimum atomic E-state index is 0.0552. The number of piperidine rings is 1. The molecular formula is C25H24ClN3O2. The number of carbonyl (C=O) groups is 1. The molecule has 2 aromatic heterocycles. The Bertz CT molecular complexity index is 1140. The lowest BCUT2D eigenvalue weighted by atomic mass is 9.97. The van der Waals surface area contributed by atoms with Crippen LogP contribution in [-0.2, 0) is 6.42 Å². The molecule has 158 valence electrons. The molecule has 5 rings (SSSR count). The van der Waals surface area contributed by atoms with Crippen molar-refractivity contribution in [3.8, 4) is 28.1 Å². The number of amides is 1. The molecule has 0 aliphatic carbocycles. The van der Waals surface area contributed by atoms with Crippen LogP contribution < -0.4 is 4.74 Å². The van der Waals surface area contributed by atoms with Crippen molar-refractivity contribution in [2.75, 3.05) is 19.7 Å². The van der Waals surface area contributed by atoms with Gasteiger partial charge in [0.25, 0.3) is 5.91 Å². The van der Waals surface area contributed by atoms with Crippen LogP contribution in [0, 0.1) is 5.92 Å². The molecule has 0 bridgehead atoms. The molecule has 0 saturated carbocycles. The van der Waals surface area contributed by atoms with Gasteiger partial charge in [-0.3, -0.25) is 9.78 Å². The van der Waals surface area contributed by atoms with Crippen LogP contribution in [0.15, 0.2) is 48.9 Å². The number of ether oxygens (including phenoxy) is 1. The van der Waals surface area contributed by atoms with E-state index in [1.54, 1.807) is 18.5 Å². The second kappa shape index (κ2) is 8.31. The van der Waals surface area contributed by atoms with E-state index in [-0.39, 0.29) is 5.91 Å². The third kappa shape index (κ3) is 3.90. The second-order valence-electron chi connectivity index (χ2n) is 8.37. The number of benzene rings is 1. The Labute approximate surface area is 187 Å². The number of rotatable bonds is 3. The van der Waals surface area contributed by atoms with Crippen LogP contribution in [0.4, 0.5) is 0 Å². The summed E-state index contributed by atoms with van der Waals surface area (Å²) in [7, 11) is 0. The first kappa shape index (κ1) is 20.0. The highest BCUT2D eigenvalue weighted by atomic mass is 35.5. The molecule has 6 heteroatoms. The number of likely N-dealkylation sites (tertiary alicyclic amines) is 1. The maximum Gasteiger partial charge on any atom is 0.253 e. The van der Waals surface area contributed by atoms with E-state index in [1.807, 2.05) is 29.3 Å². The maximum atomic E-state index is 12.9. The standard InChI is InChI=1S/C25H24ClN3O2/c1-16-5-9-29(10-6-16)25(30)17-2-3-21(23(26)13-17)19-12-18(14-27-15-19)20-4-8-28-24-22(20)7-11-31-24/h2-4,8,12-16H,5-7,9-11H2,1H3. The van der Waals surface area contributed by atoms with Gasteiger partial charge in [0.05, 0.1) is 6.61 Å². The van der Waals surface area contributed by atoms with Crippen LogP contribution in [0.1, 0.15) is 35.7 Å². The molecule has 4 heterocycles. The van der Waals surface area contributed by atoms with Gasteiger partial charge >= 0.3 is 0 Å². The number of nitrogens with zero attached hydrogens (tertiary/aromatic N) is 3. The third-order valence-electron chi connectivity index (χ3n) is 6.25. The molecule has 5 nitrogen and oxygen atoms in total. The monoisotopic (exact) mass is 433 g/mol. The molecule has 1 fully saturated rings. The predicted octanol–water partition coefficient (Wildman–Crippen LogP) is 5.27. The van der Waals surface area contributed by atoms with Crippen molar-refractivity contribution in [3.05, 3.63) is 65.1 Å². The van der Waals surface area contributed by atoms with Gasteiger partial charge in [-0.05, 0) is 48.6 Å². The lowest BCUT2D eigenvalue weighted by molar-refractivity contribution is 0.0697. The average Bonchev–Trinajstić information content (AvgIpc) is 3.28. The molecule has 0 spiro atoms. The summed E-state index contributed by atoms with van der Waals surface area (Å²) in [5, 5.41) is 0.554. The SMILES string of the molecule is CC1CCN(C(=O)c2ccc(-c3cncc(-c4ccnc5c4CCO5)c3)c(Cl)c2)CC1. The summed E-state index contributed by atoms with van der Waals surface area (Å²) >= 11 is 6.63. The third-order valence-corrected chi connectivity index (χ3v) is 6.57. The number of hydrogen-bond donors (Lipinski definition) is 0. The zero-order valence-electron chi connectivity index (χ0n) is 17.5. The van der Waals surface area contributed by atoms with Gasteiger partial charge in [-0.25, -0.2) is 4.98 Å². The van der Waals surface area contributed by atoms with Crippen molar-refractivity contribution in [2.24, 2.45) is 5.92 Å². The van der Waals surface area contributed by atoms with E-state index in [4.69, 9.17) is 16.3 Å². The summed E-state index contributed by atoms with van der Waals surface area (Å²) in [5.74, 6) is 1.44. The van der Waals surface area contributed by atoms with Gasteiger partial charge in [-0.2, -0.15) is 0 Å². The summed E-state index contributed by atoms with van der Waals surface area (Å²) in [4.78, 5) is 23.6. The van der Waals surface area contributed by atoms with E-state index >= 15 is 0 Å². The molecular weight excluding hydrogens is 410 g/mol. The summed E-state index contributed by atoms with van der Waals surface area (Å²) in [5.41, 5.74) is 5.61. The Morgan fingerprint density at radius 2 is 1.87 bits per heavy atom. The zero-order valence-corrected chi connectivity index (χ0v) is 18.2. The molecule has 0 radical (unpaired) electrons. The first-order valence-electron chi connectivity index (χ1n) is 10.8. The summed E-state index contributed by atoms with van der Waals surface area (Å²) in [6.45, 7) is 4.52. The first-order valence-corrected chi connectivity index (χ1v) is 11.1. The maximum absolute atomic E-state index is 12.9. The number of hydrogen-bond acceptors (Lipinski definition) is 4. The van der Waals surface area contributed by atoms with Crippen LogP contribution in [0.5, 0.6) is 5.88 Å². The van der Waals surface area contributed by atoms with E-state index in [0.717, 1.165) is 60.2 Å². The lowest BCUT2D eigenvalue weighted by Crippen LogP contribution is -2.37. The highest BCUT2D eigenvalue weighted by molar-refractivity contribution is 6.33. The fourth-order valence-electron chi connectivity index (χ4n) is 4.37. The van der Waals surface area contributed by atoms with E-state index in [1.165, 1.54) is 0 Å². The Kier molecular flexibility index (Phi) is 5.36. The number of halogens is 1. The molecule has 1 amide bonds. The number of carbonyl (C=O) groups excluding carboxylic acids is 1. The van der Waals surface area contributed by atoms with Gasteiger partial charge in [0.15, 0.2) is 0 Å². The molecule has 0 unspecified atom stereocenters. The van der Waals surface area contributed by atoms with Crippen molar-refractivity contribution in [2.45, 2.75) is 26.2 Å². The van der Waals surface area contributed by atoms with Crippen LogP contribution in [0.3, 0.4) is 0 Å². The van der Waals surface area contributed by atoms with E-state index in [2.05, 4.69) is 23.0 Å². The molecule has 0 N–H and O–H groups in total. The van der Waals surface area contributed by atoms with E-state index in [0.29, 0.717) is 29.0 Å². The average molecular weight is 434 g/mol. The van der Waals surface area contributed by atoms with Gasteiger partial charge in [0.1, 0.15) is 0 Å². The Balaban J connectivity index is 1.43. The number of aromatic nitrogens is 2. The highest BCUT2D eigenvalue weighted by Crippen LogP contribution is 2.36. The van der Waals surface area contributed by atoms with Crippen molar-refractivity contribution in [1.29, 1.82) is 0 Å². The van der Waals surface area contributed by atoms with Gasteiger partial charge in [0, 0.05) is 70.9 Å². The first-order chi connectivity index (χ1) is 15.1. The number of fused-ring (bicyclic) bond motifs is 1. The normalized spacial score (nSPS) is 16.1. The molecule has 2 aliphatic rings. The highest BCUT2D eigenvalue weighted by Gasteiger charge is 2.22. The lowest BCUT2D eigenvalue weighted by Gasteiger charge is -2.30. The van der Waals surface area contributed by atoms with Crippen molar-refractivity contribution >= 4 is 17.5 Å². The number of pyridine rings is 2. The van der Waals surface area contributed by atoms with Crippen LogP contribution in [-0.4, -0.2) is 40.5 Å². The van der Waals surface area contributed by atoms with Crippen LogP contribution >= 0.6 is 11.6 Å². The van der Waals surface area contributed by atoms with Crippen molar-refractivity contribution < 1.29 is 9.53 Å². The van der Waals surface area contributed by atoms with Crippen molar-refractivity contribution in [1.82, 2.24) is 14.9 Å². The van der Waals surface area contributed by atoms with Crippen LogP contribution in [0.2, 0.25) is 5.02 Å². The largest absolute Gasteiger partial charge is 0.477 e. The zero-order chi connectivity index (χ0) is 21.4. The Morgan fingerprint density at radius 1 is 1.10 bits per heavy atom. The summed E-state index contributed by atoms with van der Waals surface area (Å²) in [6.07, 6.45) is 8.37. The molecule has 1 aromatic carbocycles. The Hall–Kier alpha value is -2.92. The fraction of sp³-hybridized carbons (Fsp3) is 0.320. The molecule has 3 aromatic rings. The second-order valence-corrected chi connectivity index (χ2v) is 8.78. The smallest absolute Gasteiger partial charge is 0.253 e. The van der Waals surface area contributed by atoms with Gasteiger partial charge in [0.2, 0.25) is 5.88 Å². The van der Waals surface area contributed by atoms with Crippen LogP contribution in [0.25, 0.3) is 22.3 Å². The molecule has 1 saturated heterocycles. The Morgan fingerprint density at radius 3 is 2.65 bits per heavy atom. The van der Waals surface area contributed by atoms with Gasteiger partial charge < -0.3 is 9.64 Å². The quantitative estimate of drug-likeness (QED) is 0.564. The van der Waals surface area contributed by atoms with Gasteiger partial charge in [-0.1, -0.05) is 24.6 Å². The van der Waals surface area contributed by atoms with E-state index in [9.17, 15) is 4.79 Å². The van der Waals surface area contributed by atoms with E-state index < -0.39 is 0 Å². The van der Waals surface area contributed by atoms with Gasteiger partial charge in [-0.15, -0.1) is 0 Å². The fourth-order valence-corrected chi connectivity index (χ4v) is 4.66. The summed E-state index contributed by atoms with van der Waals surface area (Å²) in [6, 6.07) is 9.64. The topological polar surface area (TPSA) is 55.3 Å². The summed E-state index contributed by atoms with van der Waals surface area (Å²) < 4.78 is 5.60. The molecule has 31 heavy (non-hydrogen) atoms. The predicted molar refractivity (Wildman–Crippen MR) is 121 cm³/mol.